The van der Waals surface area contributed by atoms with Gasteiger partial charge in [0, 0.05) is 25.2 Å². The van der Waals surface area contributed by atoms with Crippen LogP contribution in [-0.4, -0.2) is 42.0 Å². The summed E-state index contributed by atoms with van der Waals surface area (Å²) < 4.78 is 0. The van der Waals surface area contributed by atoms with Crippen molar-refractivity contribution in [3.63, 3.8) is 0 Å². The van der Waals surface area contributed by atoms with Crippen molar-refractivity contribution in [1.82, 2.24) is 10.2 Å². The van der Waals surface area contributed by atoms with Crippen LogP contribution in [0.3, 0.4) is 0 Å². The van der Waals surface area contributed by atoms with Crippen LogP contribution in [0.15, 0.2) is 0 Å². The van der Waals surface area contributed by atoms with Gasteiger partial charge in [0.2, 0.25) is 5.91 Å². The van der Waals surface area contributed by atoms with Gasteiger partial charge in [0.25, 0.3) is 0 Å². The number of hydrogen-bond donors (Lipinski definition) is 2. The van der Waals surface area contributed by atoms with Gasteiger partial charge in [-0.2, -0.15) is 0 Å². The summed E-state index contributed by atoms with van der Waals surface area (Å²) in [5.41, 5.74) is 5.59. The summed E-state index contributed by atoms with van der Waals surface area (Å²) in [6.07, 6.45) is 0. The van der Waals surface area contributed by atoms with E-state index in [1.165, 1.54) is 0 Å². The van der Waals surface area contributed by atoms with E-state index in [4.69, 9.17) is 5.73 Å². The van der Waals surface area contributed by atoms with Gasteiger partial charge in [-0.25, -0.2) is 0 Å². The smallest absolute Gasteiger partial charge is 0.238 e. The number of nitrogens with two attached hydrogens (primary N) is 1. The van der Waals surface area contributed by atoms with Crippen LogP contribution < -0.4 is 11.1 Å². The third kappa shape index (κ3) is 2.19. The van der Waals surface area contributed by atoms with E-state index in [9.17, 15) is 4.79 Å². The normalized spacial score (nSPS) is 25.8. The van der Waals surface area contributed by atoms with Gasteiger partial charge in [-0.3, -0.25) is 9.69 Å². The minimum absolute atomic E-state index is 0.0157. The van der Waals surface area contributed by atoms with Crippen molar-refractivity contribution in [2.24, 2.45) is 5.73 Å². The lowest BCUT2D eigenvalue weighted by Crippen LogP contribution is -2.63. The minimum Gasteiger partial charge on any atom is -0.353 e. The largest absolute Gasteiger partial charge is 0.353 e. The Hall–Kier alpha value is -0.610. The molecular formula is C9H19N3O. The van der Waals surface area contributed by atoms with Crippen molar-refractivity contribution >= 4 is 5.91 Å². The van der Waals surface area contributed by atoms with E-state index in [0.29, 0.717) is 6.54 Å². The first-order valence-corrected chi connectivity index (χ1v) is 4.71. The quantitative estimate of drug-likeness (QED) is 0.581. The van der Waals surface area contributed by atoms with Crippen molar-refractivity contribution in [3.8, 4) is 0 Å². The second-order valence-electron chi connectivity index (χ2n) is 4.41. The van der Waals surface area contributed by atoms with E-state index < -0.39 is 0 Å². The molecule has 0 aromatic heterocycles. The third-order valence-corrected chi connectivity index (χ3v) is 2.42. The number of carbonyl (C=O) groups excluding carboxylic acids is 1. The third-order valence-electron chi connectivity index (χ3n) is 2.42. The zero-order valence-electron chi connectivity index (χ0n) is 8.63. The summed E-state index contributed by atoms with van der Waals surface area (Å²) in [4.78, 5) is 13.6. The second-order valence-corrected chi connectivity index (χ2v) is 4.41. The number of amides is 1. The molecule has 76 valence electrons. The minimum atomic E-state index is -0.159. The van der Waals surface area contributed by atoms with E-state index in [1.807, 2.05) is 0 Å². The van der Waals surface area contributed by atoms with Gasteiger partial charge in [0.05, 0.1) is 0 Å². The Morgan fingerprint density at radius 2 is 2.23 bits per heavy atom. The molecule has 1 aliphatic rings. The van der Waals surface area contributed by atoms with Crippen molar-refractivity contribution in [1.29, 1.82) is 0 Å². The fraction of sp³-hybridized carbons (Fsp3) is 0.889. The molecule has 1 saturated heterocycles. The van der Waals surface area contributed by atoms with Crippen molar-refractivity contribution in [3.05, 3.63) is 0 Å². The van der Waals surface area contributed by atoms with Gasteiger partial charge in [0.15, 0.2) is 0 Å². The SMILES string of the molecule is CC(C)(C)N1CCNC(=O)C1CN. The maximum atomic E-state index is 11.4. The molecular weight excluding hydrogens is 166 g/mol. The number of carbonyl (C=O) groups is 1. The monoisotopic (exact) mass is 185 g/mol. The summed E-state index contributed by atoms with van der Waals surface area (Å²) in [5, 5.41) is 2.82. The number of rotatable bonds is 1. The van der Waals surface area contributed by atoms with Crippen molar-refractivity contribution in [2.45, 2.75) is 32.4 Å². The summed E-state index contributed by atoms with van der Waals surface area (Å²) in [5.74, 6) is 0.0590. The number of nitrogens with one attached hydrogen (secondary N) is 1. The molecule has 1 fully saturated rings. The highest BCUT2D eigenvalue weighted by atomic mass is 16.2. The number of piperazine rings is 1. The van der Waals surface area contributed by atoms with Gasteiger partial charge < -0.3 is 11.1 Å². The lowest BCUT2D eigenvalue weighted by molar-refractivity contribution is -0.131. The highest BCUT2D eigenvalue weighted by Crippen LogP contribution is 2.17. The molecule has 1 aliphatic heterocycles. The summed E-state index contributed by atoms with van der Waals surface area (Å²) in [7, 11) is 0. The van der Waals surface area contributed by atoms with Gasteiger partial charge in [-0.05, 0) is 20.8 Å². The molecule has 0 spiro atoms. The van der Waals surface area contributed by atoms with Crippen LogP contribution in [0.4, 0.5) is 0 Å². The molecule has 3 N–H and O–H groups in total. The van der Waals surface area contributed by atoms with Crippen LogP contribution in [0.1, 0.15) is 20.8 Å². The first kappa shape index (κ1) is 10.5. The van der Waals surface area contributed by atoms with Crippen molar-refractivity contribution in [2.75, 3.05) is 19.6 Å². The van der Waals surface area contributed by atoms with E-state index in [0.717, 1.165) is 13.1 Å². The van der Waals surface area contributed by atoms with E-state index in [1.54, 1.807) is 0 Å². The van der Waals surface area contributed by atoms with Crippen LogP contribution in [0.2, 0.25) is 0 Å². The Bertz CT molecular complexity index is 198. The fourth-order valence-electron chi connectivity index (χ4n) is 1.75. The predicted octanol–water partition coefficient (Wildman–Crippen LogP) is -0.456. The lowest BCUT2D eigenvalue weighted by atomic mass is 10.0. The highest BCUT2D eigenvalue weighted by Gasteiger charge is 2.34. The summed E-state index contributed by atoms with van der Waals surface area (Å²) >= 11 is 0. The molecule has 0 radical (unpaired) electrons. The van der Waals surface area contributed by atoms with Crippen molar-refractivity contribution < 1.29 is 4.79 Å². The predicted molar refractivity (Wildman–Crippen MR) is 52.3 cm³/mol. The molecule has 1 rings (SSSR count). The van der Waals surface area contributed by atoms with E-state index >= 15 is 0 Å². The van der Waals surface area contributed by atoms with Gasteiger partial charge >= 0.3 is 0 Å². The van der Waals surface area contributed by atoms with Crippen LogP contribution in [0, 0.1) is 0 Å². The maximum absolute atomic E-state index is 11.4. The molecule has 0 aliphatic carbocycles. The molecule has 4 heteroatoms. The first-order chi connectivity index (χ1) is 5.96. The van der Waals surface area contributed by atoms with Gasteiger partial charge in [-0.15, -0.1) is 0 Å². The average Bonchev–Trinajstić information content (AvgIpc) is 2.02. The molecule has 0 aromatic rings. The maximum Gasteiger partial charge on any atom is 0.238 e. The Kier molecular flexibility index (Phi) is 2.93. The highest BCUT2D eigenvalue weighted by molar-refractivity contribution is 5.82. The second kappa shape index (κ2) is 3.64. The average molecular weight is 185 g/mol. The van der Waals surface area contributed by atoms with Crippen LogP contribution in [-0.2, 0) is 4.79 Å². The molecule has 0 bridgehead atoms. The summed E-state index contributed by atoms with van der Waals surface area (Å²) in [6, 6.07) is -0.159. The van der Waals surface area contributed by atoms with Crippen LogP contribution >= 0.6 is 0 Å². The topological polar surface area (TPSA) is 58.4 Å². The Labute approximate surface area is 79.5 Å². The zero-order chi connectivity index (χ0) is 10.1. The molecule has 1 heterocycles. The van der Waals surface area contributed by atoms with E-state index in [2.05, 4.69) is 31.0 Å². The number of hydrogen-bond acceptors (Lipinski definition) is 3. The standard InChI is InChI=1S/C9H19N3O/c1-9(2,3)12-5-4-11-8(13)7(12)6-10/h7H,4-6,10H2,1-3H3,(H,11,13). The summed E-state index contributed by atoms with van der Waals surface area (Å²) in [6.45, 7) is 8.32. The Morgan fingerprint density at radius 3 is 2.62 bits per heavy atom. The zero-order valence-corrected chi connectivity index (χ0v) is 8.63. The lowest BCUT2D eigenvalue weighted by Gasteiger charge is -2.43. The molecule has 0 saturated carbocycles. The number of nitrogens with zero attached hydrogens (tertiary/aromatic N) is 1. The van der Waals surface area contributed by atoms with Gasteiger partial charge in [-0.1, -0.05) is 0 Å². The van der Waals surface area contributed by atoms with Crippen LogP contribution in [0.5, 0.6) is 0 Å². The Balaban J connectivity index is 2.76. The molecule has 1 atom stereocenters. The fourth-order valence-corrected chi connectivity index (χ4v) is 1.75. The molecule has 1 amide bonds. The molecule has 1 unspecified atom stereocenters. The first-order valence-electron chi connectivity index (χ1n) is 4.71. The molecule has 13 heavy (non-hydrogen) atoms. The molecule has 0 aromatic carbocycles. The van der Waals surface area contributed by atoms with Gasteiger partial charge in [0.1, 0.15) is 6.04 Å². The Morgan fingerprint density at radius 1 is 1.62 bits per heavy atom. The van der Waals surface area contributed by atoms with Crippen LogP contribution in [0.25, 0.3) is 0 Å². The van der Waals surface area contributed by atoms with E-state index in [-0.39, 0.29) is 17.5 Å². The molecule has 4 nitrogen and oxygen atoms in total.